The largest absolute Gasteiger partial charge is 0.472 e. The molecule has 1 spiro atoms. The van der Waals surface area contributed by atoms with Crippen molar-refractivity contribution in [1.82, 2.24) is 0 Å². The van der Waals surface area contributed by atoms with Crippen LogP contribution < -0.4 is 0 Å². The maximum absolute atomic E-state index is 14.2. The topological polar surface area (TPSA) is 239 Å². The highest BCUT2D eigenvalue weighted by Gasteiger charge is 3.06. The van der Waals surface area contributed by atoms with E-state index in [1.54, 1.807) is 27.7 Å². The van der Waals surface area contributed by atoms with E-state index in [0.717, 1.165) is 34.0 Å². The van der Waals surface area contributed by atoms with Crippen molar-refractivity contribution in [2.75, 3.05) is 7.11 Å². The van der Waals surface area contributed by atoms with Gasteiger partial charge in [0.1, 0.15) is 17.8 Å². The maximum atomic E-state index is 14.2. The minimum atomic E-state index is -2.55. The van der Waals surface area contributed by atoms with Crippen molar-refractivity contribution < 1.29 is 86.0 Å². The van der Waals surface area contributed by atoms with Crippen LogP contribution in [0, 0.1) is 28.1 Å². The molecule has 57 heavy (non-hydrogen) atoms. The Kier molecular flexibility index (Phi) is 8.06. The summed E-state index contributed by atoms with van der Waals surface area (Å²) in [6.45, 7) is 12.3. The number of esters is 6. The Morgan fingerprint density at radius 2 is 1.54 bits per heavy atom. The van der Waals surface area contributed by atoms with Crippen LogP contribution in [0.2, 0.25) is 0 Å². The second kappa shape index (κ2) is 11.6. The fourth-order valence-electron chi connectivity index (χ4n) is 12.7. The number of hydrogen-bond donors (Lipinski definition) is 2. The third kappa shape index (κ3) is 4.17. The smallest absolute Gasteiger partial charge is 0.335 e. The second-order valence-corrected chi connectivity index (χ2v) is 17.4. The van der Waals surface area contributed by atoms with E-state index in [2.05, 4.69) is 0 Å². The summed E-state index contributed by atoms with van der Waals surface area (Å²) in [5, 5.41) is 26.2. The van der Waals surface area contributed by atoms with Gasteiger partial charge in [-0.15, -0.1) is 0 Å². The first-order valence-corrected chi connectivity index (χ1v) is 18.7. The Bertz CT molecular complexity index is 2030. The van der Waals surface area contributed by atoms with Crippen LogP contribution in [0.25, 0.3) is 0 Å². The van der Waals surface area contributed by atoms with Crippen LogP contribution in [0.5, 0.6) is 0 Å². The van der Waals surface area contributed by atoms with Crippen molar-refractivity contribution in [1.29, 1.82) is 0 Å². The summed E-state index contributed by atoms with van der Waals surface area (Å²) in [6.07, 6.45) is -7.22. The van der Waals surface area contributed by atoms with Gasteiger partial charge in [0.25, 0.3) is 5.97 Å². The first-order chi connectivity index (χ1) is 26.4. The van der Waals surface area contributed by atoms with Crippen molar-refractivity contribution in [3.8, 4) is 0 Å². The number of ether oxygens (including phenoxy) is 9. The molecule has 0 radical (unpaired) electrons. The molecule has 4 aliphatic carbocycles. The average molecular weight is 803 g/mol. The Hall–Kier alpha value is -4.36. The Labute approximate surface area is 326 Å². The quantitative estimate of drug-likeness (QED) is 0.279. The molecule has 0 amide bonds. The lowest BCUT2D eigenvalue weighted by Gasteiger charge is -2.77. The number of aliphatic hydroxyl groups excluding tert-OH is 1. The molecule has 2 N–H and O–H groups in total. The minimum Gasteiger partial charge on any atom is -0.472 e. The van der Waals surface area contributed by atoms with E-state index in [1.807, 2.05) is 0 Å². The monoisotopic (exact) mass is 802 g/mol. The molecule has 7 aliphatic rings. The zero-order chi connectivity index (χ0) is 41.8. The van der Waals surface area contributed by atoms with Gasteiger partial charge in [0.15, 0.2) is 35.6 Å². The van der Waals surface area contributed by atoms with E-state index >= 15 is 0 Å². The number of carbonyl (C=O) groups is 6. The molecule has 4 bridgehead atoms. The number of carbonyl (C=O) groups excluding carboxylic acids is 6. The van der Waals surface area contributed by atoms with Crippen molar-refractivity contribution in [2.24, 2.45) is 28.1 Å². The van der Waals surface area contributed by atoms with Crippen LogP contribution in [0.1, 0.15) is 80.4 Å². The Balaban J connectivity index is 1.58. The number of furan rings is 1. The van der Waals surface area contributed by atoms with Crippen molar-refractivity contribution in [2.45, 2.75) is 134 Å². The third-order valence-electron chi connectivity index (χ3n) is 14.1. The molecule has 1 aromatic heterocycles. The van der Waals surface area contributed by atoms with E-state index in [4.69, 9.17) is 47.0 Å². The lowest BCUT2D eigenvalue weighted by atomic mass is 9.33. The highest BCUT2D eigenvalue weighted by atomic mass is 17.0. The van der Waals surface area contributed by atoms with Gasteiger partial charge in [-0.2, -0.15) is 0 Å². The molecule has 2 saturated heterocycles. The maximum Gasteiger partial charge on any atom is 0.335 e. The summed E-state index contributed by atoms with van der Waals surface area (Å²) >= 11 is 0. The Morgan fingerprint density at radius 3 is 2.11 bits per heavy atom. The van der Waals surface area contributed by atoms with Crippen molar-refractivity contribution >= 4 is 35.8 Å². The molecule has 8 rings (SSSR count). The summed E-state index contributed by atoms with van der Waals surface area (Å²) in [6, 6.07) is 1.52. The van der Waals surface area contributed by atoms with Gasteiger partial charge in [-0.3, -0.25) is 19.2 Å². The van der Waals surface area contributed by atoms with Gasteiger partial charge in [-0.25, -0.2) is 9.59 Å². The number of cyclic esters (lactones) is 1. The summed E-state index contributed by atoms with van der Waals surface area (Å²) in [5.41, 5.74) is -15.3. The molecular formula is C39H46O18. The molecule has 6 fully saturated rings. The summed E-state index contributed by atoms with van der Waals surface area (Å²) in [7, 11) is 1.04. The standard InChI is InChI=1S/C39H46O18/c1-16(2)28(45)54-38-30(52-19(5)42)32(6)15-36(38,47)34(8,24(32)23(44)29(46)48-10)39-27(51-18(4)41)26(50-17(3)40)33(7)21(37(39)31(38)55-35(9,56-37)57-39)13-22(43)53-25(33)20-11-12-49-14-20/h11-14,16,23-27,30-31,44,47H,15H2,1-10H3/t23-,24-,25-,26-,27+,30-,31-,32-,33+,34+,35?,36+,37+,38-,39-/m0/s1. The molecule has 1 aromatic rings. The molecule has 4 saturated carbocycles. The van der Waals surface area contributed by atoms with Crippen LogP contribution >= 0.6 is 0 Å². The number of aliphatic hydroxyl groups is 2. The van der Waals surface area contributed by atoms with Crippen LogP contribution in [-0.4, -0.2) is 112 Å². The van der Waals surface area contributed by atoms with Gasteiger partial charge in [-0.05, 0) is 25.0 Å². The normalized spacial score (nSPS) is 47.2. The molecule has 1 unspecified atom stereocenters. The number of rotatable bonds is 8. The van der Waals surface area contributed by atoms with Gasteiger partial charge in [0, 0.05) is 56.1 Å². The second-order valence-electron chi connectivity index (χ2n) is 17.4. The van der Waals surface area contributed by atoms with E-state index in [1.165, 1.54) is 32.4 Å². The van der Waals surface area contributed by atoms with Crippen LogP contribution in [0.3, 0.4) is 0 Å². The van der Waals surface area contributed by atoms with Crippen molar-refractivity contribution in [3.05, 3.63) is 35.8 Å². The predicted molar refractivity (Wildman–Crippen MR) is 182 cm³/mol. The molecule has 18 heteroatoms. The molecule has 0 aromatic carbocycles. The van der Waals surface area contributed by atoms with Gasteiger partial charge < -0.3 is 57.3 Å². The van der Waals surface area contributed by atoms with Gasteiger partial charge in [0.2, 0.25) is 5.60 Å². The lowest BCUT2D eigenvalue weighted by Crippen LogP contribution is -2.96. The van der Waals surface area contributed by atoms with Crippen LogP contribution in [-0.2, 0) is 71.4 Å². The number of methoxy groups -OCH3 is 1. The van der Waals surface area contributed by atoms with E-state index in [-0.39, 0.29) is 11.1 Å². The minimum absolute atomic E-state index is 0.0324. The molecule has 3 aliphatic heterocycles. The molecule has 18 nitrogen and oxygen atoms in total. The molecular weight excluding hydrogens is 756 g/mol. The van der Waals surface area contributed by atoms with Crippen molar-refractivity contribution in [3.63, 3.8) is 0 Å². The van der Waals surface area contributed by atoms with E-state index < -0.39 is 135 Å². The molecule has 15 atom stereocenters. The SMILES string of the molecule is COC(=O)[C@@H](O)[C@H]1[C@]2(C)C[C@]3(O)[C@@](OC(=O)C(C)C)([C@H]4OC5(C)O[C@@]6([C@H](OC(C)=O)[C@H](OC(C)=O)[C@]7(C)C(=CC(=O)O[C@H]7c7ccoc7)[C@@]46O5)[C@]13C)[C@H]2OC(C)=O. The van der Waals surface area contributed by atoms with Crippen LogP contribution in [0.15, 0.2) is 34.7 Å². The third-order valence-corrected chi connectivity index (χ3v) is 14.1. The lowest BCUT2D eigenvalue weighted by molar-refractivity contribution is -0.461. The van der Waals surface area contributed by atoms with Crippen LogP contribution in [0.4, 0.5) is 0 Å². The van der Waals surface area contributed by atoms with Gasteiger partial charge >= 0.3 is 35.8 Å². The van der Waals surface area contributed by atoms with E-state index in [9.17, 15) is 39.0 Å². The molecule has 4 heterocycles. The fourth-order valence-corrected chi connectivity index (χ4v) is 12.7. The summed E-state index contributed by atoms with van der Waals surface area (Å²) in [5.74, 6) is -10.3. The number of hydrogen-bond acceptors (Lipinski definition) is 18. The first kappa shape index (κ1) is 39.5. The number of fused-ring (bicyclic) bond motifs is 4. The fraction of sp³-hybridized carbons (Fsp3) is 0.692. The zero-order valence-electron chi connectivity index (χ0n) is 33.1. The highest BCUT2D eigenvalue weighted by Crippen LogP contribution is 2.88. The van der Waals surface area contributed by atoms with Gasteiger partial charge in [-0.1, -0.05) is 27.7 Å². The summed E-state index contributed by atoms with van der Waals surface area (Å²) < 4.78 is 62.3. The highest BCUT2D eigenvalue weighted by molar-refractivity contribution is 5.87. The molecule has 310 valence electrons. The van der Waals surface area contributed by atoms with E-state index in [0.29, 0.717) is 0 Å². The first-order valence-electron chi connectivity index (χ1n) is 18.7. The zero-order valence-corrected chi connectivity index (χ0v) is 33.1. The average Bonchev–Trinajstić information content (AvgIpc) is 3.88. The Morgan fingerprint density at radius 1 is 0.912 bits per heavy atom. The van der Waals surface area contributed by atoms with Gasteiger partial charge in [0.05, 0.1) is 31.0 Å². The predicted octanol–water partition coefficient (Wildman–Crippen LogP) is 1.48. The summed E-state index contributed by atoms with van der Waals surface area (Å²) in [4.78, 5) is 81.9.